The fourth-order valence-corrected chi connectivity index (χ4v) is 7.60. The molecule has 0 heterocycles. The number of nitrogens with two attached hydrogens (primary N) is 1. The van der Waals surface area contributed by atoms with Crippen LogP contribution in [0.3, 0.4) is 0 Å². The van der Waals surface area contributed by atoms with Gasteiger partial charge in [0.15, 0.2) is 32.0 Å². The Bertz CT molecular complexity index is 2390. The Morgan fingerprint density at radius 1 is 0.717 bits per heavy atom. The van der Waals surface area contributed by atoms with Crippen molar-refractivity contribution in [3.05, 3.63) is 54.6 Å². The van der Waals surface area contributed by atoms with Crippen molar-refractivity contribution in [1.29, 1.82) is 0 Å². The lowest BCUT2D eigenvalue weighted by Gasteiger charge is -2.14. The number of benzene rings is 3. The van der Waals surface area contributed by atoms with Crippen molar-refractivity contribution >= 4 is 96.8 Å². The zero-order chi connectivity index (χ0) is 39.7. The molecule has 7 N–H and O–H groups in total. The fourth-order valence-electron chi connectivity index (χ4n) is 3.73. The number of anilines is 2. The van der Waals surface area contributed by atoms with Crippen molar-refractivity contribution in [2.24, 2.45) is 20.5 Å². The van der Waals surface area contributed by atoms with Crippen LogP contribution < -0.4 is 11.1 Å². The molecule has 0 spiro atoms. The zero-order valence-electron chi connectivity index (χ0n) is 26.1. The lowest BCUT2D eigenvalue weighted by atomic mass is 10.2. The molecule has 3 aromatic rings. The normalized spacial score (nSPS) is 13.2. The monoisotopic (exact) mass is 866 g/mol. The molecule has 0 aliphatic rings. The molecule has 3 rings (SSSR count). The molecule has 0 bridgehead atoms. The van der Waals surface area contributed by atoms with Gasteiger partial charge in [-0.05, 0) is 54.6 Å². The first-order chi connectivity index (χ1) is 24.5. The van der Waals surface area contributed by atoms with E-state index < -0.39 is 102 Å². The van der Waals surface area contributed by atoms with E-state index in [2.05, 4.69) is 39.3 Å². The Labute approximate surface area is 305 Å². The SMILES string of the molecule is Nc1c(S(=O)(=O)O)cc(N=Nc2ccc(S(=O)(=O)CCOSOOO)cc2)c(NCS(=O)(=O)O)c1N=Nc1ccc(S(=O)(=O)CCOS(=O)(=O)O)cc1. The Morgan fingerprint density at radius 2 is 1.23 bits per heavy atom. The number of hydrogen-bond acceptors (Lipinski definition) is 22. The molecule has 0 atom stereocenters. The molecule has 0 aliphatic carbocycles. The first kappa shape index (κ1) is 43.6. The molecule has 0 fully saturated rings. The van der Waals surface area contributed by atoms with Gasteiger partial charge in [0.05, 0.1) is 57.3 Å². The predicted molar refractivity (Wildman–Crippen MR) is 182 cm³/mol. The Kier molecular flexibility index (Phi) is 14.9. The van der Waals surface area contributed by atoms with E-state index in [1.165, 1.54) is 12.1 Å². The van der Waals surface area contributed by atoms with E-state index in [4.69, 9.17) is 19.7 Å². The summed E-state index contributed by atoms with van der Waals surface area (Å²) in [6.45, 7) is -1.26. The quantitative estimate of drug-likeness (QED) is 0.0181. The highest BCUT2D eigenvalue weighted by molar-refractivity contribution is 7.92. The second-order valence-electron chi connectivity index (χ2n) is 9.72. The predicted octanol–water partition coefficient (Wildman–Crippen LogP) is 2.97. The summed E-state index contributed by atoms with van der Waals surface area (Å²) in [6.07, 6.45) is 0. The van der Waals surface area contributed by atoms with Gasteiger partial charge in [0.2, 0.25) is 0 Å². The molecule has 0 aliphatic heterocycles. The highest BCUT2D eigenvalue weighted by atomic mass is 32.3. The minimum absolute atomic E-state index is 0.0297. The average molecular weight is 867 g/mol. The molecule has 0 unspecified atom stereocenters. The standard InChI is InChI=1S/C23H26N6O18S6/c24-21-20(52(38,39)40)13-19(28-26-15-1-5-17(6-2-15)49(31,32)11-9-44-48-47-46-30)22(25-14-51(35,36)37)23(21)29-27-16-3-7-18(8-4-16)50(33,34)12-10-45-53(41,42)43/h1-8,13,25,30H,9-12,14,24H2,(H,35,36,37)(H,38,39,40)(H,41,42,43). The highest BCUT2D eigenvalue weighted by Crippen LogP contribution is 2.45. The third-order valence-electron chi connectivity index (χ3n) is 6.05. The van der Waals surface area contributed by atoms with E-state index >= 15 is 0 Å². The summed E-state index contributed by atoms with van der Waals surface area (Å²) in [6, 6.07) is 9.58. The zero-order valence-corrected chi connectivity index (χ0v) is 31.0. The molecule has 0 saturated carbocycles. The summed E-state index contributed by atoms with van der Waals surface area (Å²) in [5.41, 5.74) is 3.34. The van der Waals surface area contributed by atoms with Gasteiger partial charge in [-0.1, -0.05) is 5.04 Å². The summed E-state index contributed by atoms with van der Waals surface area (Å²) < 4.78 is 160. The smallest absolute Gasteiger partial charge is 0.396 e. The minimum Gasteiger partial charge on any atom is -0.396 e. The lowest BCUT2D eigenvalue weighted by molar-refractivity contribution is -0.434. The van der Waals surface area contributed by atoms with Crippen molar-refractivity contribution in [3.8, 4) is 0 Å². The Hall–Kier alpha value is -3.76. The first-order valence-electron chi connectivity index (χ1n) is 13.5. The van der Waals surface area contributed by atoms with Crippen LogP contribution in [0.25, 0.3) is 0 Å². The topological polar surface area (TPSA) is 376 Å². The van der Waals surface area contributed by atoms with Crippen LogP contribution in [-0.2, 0) is 68.0 Å². The van der Waals surface area contributed by atoms with E-state index in [1.807, 2.05) is 0 Å². The van der Waals surface area contributed by atoms with Gasteiger partial charge in [0.1, 0.15) is 22.1 Å². The van der Waals surface area contributed by atoms with Crippen LogP contribution in [-0.4, -0.2) is 91.6 Å². The molecule has 24 nitrogen and oxygen atoms in total. The summed E-state index contributed by atoms with van der Waals surface area (Å²) in [5, 5.41) is 29.0. The van der Waals surface area contributed by atoms with Gasteiger partial charge in [-0.15, -0.1) is 14.6 Å². The second kappa shape index (κ2) is 18.0. The van der Waals surface area contributed by atoms with E-state index in [9.17, 15) is 51.2 Å². The summed E-state index contributed by atoms with van der Waals surface area (Å²) in [7, 11) is -22.8. The van der Waals surface area contributed by atoms with Gasteiger partial charge < -0.3 is 11.1 Å². The van der Waals surface area contributed by atoms with Gasteiger partial charge in [0, 0.05) is 0 Å². The minimum atomic E-state index is -5.14. The van der Waals surface area contributed by atoms with Crippen molar-refractivity contribution in [1.82, 2.24) is 0 Å². The summed E-state index contributed by atoms with van der Waals surface area (Å²) in [4.78, 5) is -1.51. The van der Waals surface area contributed by atoms with E-state index in [-0.39, 0.29) is 40.1 Å². The van der Waals surface area contributed by atoms with Crippen molar-refractivity contribution in [2.75, 3.05) is 41.6 Å². The van der Waals surface area contributed by atoms with Gasteiger partial charge in [-0.25, -0.2) is 26.3 Å². The Balaban J connectivity index is 2.02. The Morgan fingerprint density at radius 3 is 1.70 bits per heavy atom. The number of nitrogens with one attached hydrogen (secondary N) is 1. The maximum Gasteiger partial charge on any atom is 0.397 e. The lowest BCUT2D eigenvalue weighted by Crippen LogP contribution is -2.15. The van der Waals surface area contributed by atoms with Gasteiger partial charge >= 0.3 is 10.4 Å². The van der Waals surface area contributed by atoms with E-state index in [0.29, 0.717) is 6.07 Å². The molecule has 0 saturated heterocycles. The molecule has 292 valence electrons. The number of rotatable bonds is 20. The third kappa shape index (κ3) is 13.9. The van der Waals surface area contributed by atoms with Crippen LogP contribution in [0.2, 0.25) is 0 Å². The van der Waals surface area contributed by atoms with Crippen LogP contribution in [0.15, 0.2) is 89.7 Å². The molecular weight excluding hydrogens is 841 g/mol. The van der Waals surface area contributed by atoms with Crippen LogP contribution in [0.1, 0.15) is 0 Å². The highest BCUT2D eigenvalue weighted by Gasteiger charge is 2.25. The molecule has 30 heteroatoms. The summed E-state index contributed by atoms with van der Waals surface area (Å²) in [5.74, 6) is -2.58. The largest absolute Gasteiger partial charge is 0.397 e. The van der Waals surface area contributed by atoms with Crippen LogP contribution in [0, 0.1) is 0 Å². The molecular formula is C23H26N6O18S6. The third-order valence-corrected chi connectivity index (χ3v) is 11.7. The van der Waals surface area contributed by atoms with E-state index in [1.54, 1.807) is 0 Å². The van der Waals surface area contributed by atoms with Gasteiger partial charge in [0.25, 0.3) is 20.2 Å². The molecule has 53 heavy (non-hydrogen) atoms. The van der Waals surface area contributed by atoms with Crippen LogP contribution in [0.5, 0.6) is 0 Å². The number of nitrogen functional groups attached to an aromatic ring is 1. The molecule has 0 radical (unpaired) electrons. The fraction of sp³-hybridized carbons (Fsp3) is 0.217. The maximum atomic E-state index is 12.5. The van der Waals surface area contributed by atoms with Crippen molar-refractivity contribution < 1.29 is 78.7 Å². The molecule has 3 aromatic carbocycles. The molecule has 0 aromatic heterocycles. The number of nitrogens with zero attached hydrogens (tertiary/aromatic N) is 4. The molecule has 0 amide bonds. The number of sulfone groups is 2. The number of hydrogen-bond donors (Lipinski definition) is 6. The van der Waals surface area contributed by atoms with Gasteiger partial charge in [-0.3, -0.25) is 17.8 Å². The maximum absolute atomic E-state index is 12.5. The van der Waals surface area contributed by atoms with E-state index in [0.717, 1.165) is 36.4 Å². The van der Waals surface area contributed by atoms with Crippen molar-refractivity contribution in [2.45, 2.75) is 14.7 Å². The number of azo groups is 2. The van der Waals surface area contributed by atoms with Gasteiger partial charge in [-0.2, -0.15) is 35.5 Å². The average Bonchev–Trinajstić information content (AvgIpc) is 3.05. The van der Waals surface area contributed by atoms with Crippen LogP contribution in [0.4, 0.5) is 34.1 Å². The van der Waals surface area contributed by atoms with Crippen molar-refractivity contribution in [3.63, 3.8) is 0 Å². The first-order valence-corrected chi connectivity index (χ1v) is 21.9. The van der Waals surface area contributed by atoms with Crippen LogP contribution >= 0.6 is 12.3 Å². The second-order valence-corrected chi connectivity index (χ2v) is 18.4. The summed E-state index contributed by atoms with van der Waals surface area (Å²) >= 11 is 0.178.